The van der Waals surface area contributed by atoms with E-state index in [1.807, 2.05) is 23.1 Å². The van der Waals surface area contributed by atoms with Gasteiger partial charge >= 0.3 is 0 Å². The van der Waals surface area contributed by atoms with Gasteiger partial charge in [-0.15, -0.1) is 0 Å². The first-order valence-electron chi connectivity index (χ1n) is 8.55. The van der Waals surface area contributed by atoms with E-state index < -0.39 is 14.9 Å². The number of piperazine rings is 1. The zero-order valence-electron chi connectivity index (χ0n) is 14.4. The summed E-state index contributed by atoms with van der Waals surface area (Å²) < 4.78 is 28.2. The molecular weight excluding hydrogens is 368 g/mol. The molecule has 0 spiro atoms. The van der Waals surface area contributed by atoms with Crippen molar-refractivity contribution in [3.63, 3.8) is 0 Å². The standard InChI is InChI=1S/C18H18N4O4S/c23-22(24)15-5-7-16(8-6-15)27(25,26)21-17-4-2-1-3-14(17)13-18(21)20-11-9-19-10-12-20/h1-8,13,19H,9-12H2. The number of non-ortho nitro benzene ring substituents is 1. The first kappa shape index (κ1) is 17.5. The number of aromatic nitrogens is 1. The lowest BCUT2D eigenvalue weighted by Gasteiger charge is -2.30. The van der Waals surface area contributed by atoms with E-state index in [1.165, 1.54) is 28.2 Å². The molecule has 0 aliphatic carbocycles. The molecule has 1 aromatic heterocycles. The molecule has 8 nitrogen and oxygen atoms in total. The lowest BCUT2D eigenvalue weighted by molar-refractivity contribution is -0.384. The van der Waals surface area contributed by atoms with E-state index in [9.17, 15) is 18.5 Å². The smallest absolute Gasteiger partial charge is 0.269 e. The normalized spacial score (nSPS) is 15.2. The number of hydrogen-bond acceptors (Lipinski definition) is 6. The summed E-state index contributed by atoms with van der Waals surface area (Å²) in [6.45, 7) is 2.95. The first-order chi connectivity index (χ1) is 13.0. The molecule has 3 aromatic rings. The van der Waals surface area contributed by atoms with Crippen LogP contribution < -0.4 is 10.2 Å². The molecule has 1 fully saturated rings. The highest BCUT2D eigenvalue weighted by atomic mass is 32.2. The van der Waals surface area contributed by atoms with Crippen LogP contribution in [0.1, 0.15) is 0 Å². The lowest BCUT2D eigenvalue weighted by Crippen LogP contribution is -2.44. The second kappa shape index (κ2) is 6.67. The number of nitro benzene ring substituents is 1. The van der Waals surface area contributed by atoms with E-state index in [1.54, 1.807) is 12.1 Å². The first-order valence-corrected chi connectivity index (χ1v) is 9.99. The minimum Gasteiger partial charge on any atom is -0.355 e. The van der Waals surface area contributed by atoms with Crippen molar-refractivity contribution in [2.45, 2.75) is 4.90 Å². The van der Waals surface area contributed by atoms with Crippen molar-refractivity contribution in [3.8, 4) is 0 Å². The van der Waals surface area contributed by atoms with Crippen LogP contribution >= 0.6 is 0 Å². The fourth-order valence-corrected chi connectivity index (χ4v) is 4.86. The Labute approximate surface area is 156 Å². The average Bonchev–Trinajstić information content (AvgIpc) is 3.09. The van der Waals surface area contributed by atoms with Gasteiger partial charge in [0.05, 0.1) is 15.3 Å². The molecule has 1 aliphatic rings. The zero-order valence-corrected chi connectivity index (χ0v) is 15.2. The highest BCUT2D eigenvalue weighted by Gasteiger charge is 2.27. The molecule has 27 heavy (non-hydrogen) atoms. The van der Waals surface area contributed by atoms with E-state index in [2.05, 4.69) is 5.32 Å². The Hall–Kier alpha value is -2.91. The van der Waals surface area contributed by atoms with Gasteiger partial charge in [-0.05, 0) is 24.3 Å². The number of benzene rings is 2. The number of nitrogens with one attached hydrogen (secondary N) is 1. The maximum atomic E-state index is 13.4. The number of para-hydroxylation sites is 1. The van der Waals surface area contributed by atoms with Crippen molar-refractivity contribution in [1.29, 1.82) is 0 Å². The van der Waals surface area contributed by atoms with Crippen LogP contribution in [0.5, 0.6) is 0 Å². The summed E-state index contributed by atoms with van der Waals surface area (Å²) in [5.74, 6) is 0.607. The molecule has 0 radical (unpaired) electrons. The third kappa shape index (κ3) is 3.04. The number of nitrogens with zero attached hydrogens (tertiary/aromatic N) is 3. The number of hydrogen-bond donors (Lipinski definition) is 1. The maximum absolute atomic E-state index is 13.4. The summed E-state index contributed by atoms with van der Waals surface area (Å²) in [6, 6.07) is 14.2. The van der Waals surface area contributed by atoms with Crippen molar-refractivity contribution >= 4 is 32.4 Å². The Morgan fingerprint density at radius 3 is 2.33 bits per heavy atom. The Morgan fingerprint density at radius 1 is 1.00 bits per heavy atom. The van der Waals surface area contributed by atoms with E-state index >= 15 is 0 Å². The third-order valence-corrected chi connectivity index (χ3v) is 6.41. The molecule has 0 amide bonds. The fraction of sp³-hybridized carbons (Fsp3) is 0.222. The predicted octanol–water partition coefficient (Wildman–Crippen LogP) is 2.20. The number of rotatable bonds is 4. The van der Waals surface area contributed by atoms with Crippen LogP contribution in [0.4, 0.5) is 11.5 Å². The van der Waals surface area contributed by atoms with Crippen molar-refractivity contribution in [1.82, 2.24) is 9.29 Å². The molecule has 0 bridgehead atoms. The largest absolute Gasteiger partial charge is 0.355 e. The lowest BCUT2D eigenvalue weighted by atomic mass is 10.2. The average molecular weight is 386 g/mol. The molecule has 0 saturated carbocycles. The van der Waals surface area contributed by atoms with Crippen molar-refractivity contribution < 1.29 is 13.3 Å². The maximum Gasteiger partial charge on any atom is 0.269 e. The van der Waals surface area contributed by atoms with Gasteiger partial charge < -0.3 is 10.2 Å². The Kier molecular flexibility index (Phi) is 4.33. The molecule has 1 saturated heterocycles. The van der Waals surface area contributed by atoms with Crippen LogP contribution in [0, 0.1) is 10.1 Å². The highest BCUT2D eigenvalue weighted by molar-refractivity contribution is 7.90. The van der Waals surface area contributed by atoms with Gasteiger partial charge in [-0.2, -0.15) is 0 Å². The van der Waals surface area contributed by atoms with Gasteiger partial charge in [-0.3, -0.25) is 10.1 Å². The highest BCUT2D eigenvalue weighted by Crippen LogP contribution is 2.31. The minimum absolute atomic E-state index is 0.0193. The Morgan fingerprint density at radius 2 is 1.67 bits per heavy atom. The monoisotopic (exact) mass is 386 g/mol. The van der Waals surface area contributed by atoms with Gasteiger partial charge in [0.25, 0.3) is 15.7 Å². The molecule has 0 atom stereocenters. The van der Waals surface area contributed by atoms with Crippen molar-refractivity contribution in [2.24, 2.45) is 0 Å². The molecule has 2 aromatic carbocycles. The molecule has 9 heteroatoms. The Balaban J connectivity index is 1.89. The SMILES string of the molecule is O=[N+]([O-])c1ccc(S(=O)(=O)n2c(N3CCNCC3)cc3ccccc32)cc1. The van der Waals surface area contributed by atoms with Crippen LogP contribution in [0.25, 0.3) is 10.9 Å². The van der Waals surface area contributed by atoms with Crippen LogP contribution in [0.2, 0.25) is 0 Å². The molecule has 140 valence electrons. The summed E-state index contributed by atoms with van der Waals surface area (Å²) in [5.41, 5.74) is 0.443. The zero-order chi connectivity index (χ0) is 19.0. The van der Waals surface area contributed by atoms with E-state index in [0.717, 1.165) is 18.5 Å². The minimum atomic E-state index is -3.91. The summed E-state index contributed by atoms with van der Waals surface area (Å²) in [5, 5.41) is 15.0. The molecule has 4 rings (SSSR count). The van der Waals surface area contributed by atoms with Gasteiger partial charge in [-0.1, -0.05) is 18.2 Å². The summed E-state index contributed by atoms with van der Waals surface area (Å²) in [4.78, 5) is 12.4. The number of anilines is 1. The quantitative estimate of drug-likeness (QED) is 0.545. The predicted molar refractivity (Wildman–Crippen MR) is 103 cm³/mol. The number of nitro groups is 1. The van der Waals surface area contributed by atoms with Crippen molar-refractivity contribution in [3.05, 3.63) is 64.7 Å². The third-order valence-electron chi connectivity index (χ3n) is 4.67. The van der Waals surface area contributed by atoms with Gasteiger partial charge in [0.1, 0.15) is 5.82 Å². The summed E-state index contributed by atoms with van der Waals surface area (Å²) >= 11 is 0. The molecule has 1 aliphatic heterocycles. The van der Waals surface area contributed by atoms with E-state index in [4.69, 9.17) is 0 Å². The van der Waals surface area contributed by atoms with E-state index in [-0.39, 0.29) is 10.6 Å². The topological polar surface area (TPSA) is 97.5 Å². The van der Waals surface area contributed by atoms with Crippen LogP contribution in [-0.2, 0) is 10.0 Å². The van der Waals surface area contributed by atoms with Gasteiger partial charge in [0, 0.05) is 43.7 Å². The van der Waals surface area contributed by atoms with Gasteiger partial charge in [-0.25, -0.2) is 12.4 Å². The van der Waals surface area contributed by atoms with E-state index in [0.29, 0.717) is 24.4 Å². The van der Waals surface area contributed by atoms with Gasteiger partial charge in [0.2, 0.25) is 0 Å². The second-order valence-electron chi connectivity index (χ2n) is 6.32. The molecule has 0 unspecified atom stereocenters. The second-order valence-corrected chi connectivity index (χ2v) is 8.11. The summed E-state index contributed by atoms with van der Waals surface area (Å²) in [7, 11) is -3.91. The van der Waals surface area contributed by atoms with Crippen LogP contribution in [0.3, 0.4) is 0 Å². The molecular formula is C18H18N4O4S. The van der Waals surface area contributed by atoms with Crippen LogP contribution in [0.15, 0.2) is 59.5 Å². The van der Waals surface area contributed by atoms with Gasteiger partial charge in [0.15, 0.2) is 0 Å². The van der Waals surface area contributed by atoms with Crippen LogP contribution in [-0.4, -0.2) is 43.5 Å². The molecule has 1 N–H and O–H groups in total. The fourth-order valence-electron chi connectivity index (χ4n) is 3.33. The summed E-state index contributed by atoms with van der Waals surface area (Å²) in [6.07, 6.45) is 0. The number of fused-ring (bicyclic) bond motifs is 1. The molecule has 2 heterocycles. The van der Waals surface area contributed by atoms with Crippen molar-refractivity contribution in [2.75, 3.05) is 31.1 Å². The Bertz CT molecular complexity index is 1100.